The maximum Gasteiger partial charge on any atom is 0.264 e. The van der Waals surface area contributed by atoms with E-state index in [1.165, 1.54) is 30.6 Å². The molecule has 0 atom stereocenters. The third kappa shape index (κ3) is 4.63. The van der Waals surface area contributed by atoms with E-state index in [2.05, 4.69) is 10.3 Å². The summed E-state index contributed by atoms with van der Waals surface area (Å²) in [5, 5.41) is 3.16. The smallest absolute Gasteiger partial charge is 0.264 e. The predicted octanol–water partition coefficient (Wildman–Crippen LogP) is 4.93. The maximum atomic E-state index is 12.6. The van der Waals surface area contributed by atoms with Crippen molar-refractivity contribution in [2.45, 2.75) is 51.0 Å². The van der Waals surface area contributed by atoms with Crippen LogP contribution < -0.4 is 10.1 Å². The third-order valence-corrected chi connectivity index (χ3v) is 7.34. The SMILES string of the molecule is O=C(Cc1ccc(Oc2ccnc3cc(C(=O)N4CCC4)sc23)cc1)NC1CCCCC1. The average Bonchev–Trinajstić information content (AvgIpc) is 3.20. The van der Waals surface area contributed by atoms with Gasteiger partial charge in [-0.05, 0) is 43.0 Å². The summed E-state index contributed by atoms with van der Waals surface area (Å²) in [7, 11) is 0. The molecule has 1 N–H and O–H groups in total. The molecule has 32 heavy (non-hydrogen) atoms. The second kappa shape index (κ2) is 9.28. The number of carbonyl (C=O) groups is 2. The van der Waals surface area contributed by atoms with Crippen LogP contribution in [-0.2, 0) is 11.2 Å². The van der Waals surface area contributed by atoms with Crippen LogP contribution in [0.15, 0.2) is 42.6 Å². The van der Waals surface area contributed by atoms with Gasteiger partial charge in [-0.3, -0.25) is 14.6 Å². The van der Waals surface area contributed by atoms with Crippen molar-refractivity contribution in [3.63, 3.8) is 0 Å². The molecule has 0 bridgehead atoms. The van der Waals surface area contributed by atoms with Gasteiger partial charge in [-0.1, -0.05) is 31.4 Å². The molecule has 2 amide bonds. The Balaban J connectivity index is 1.24. The number of hydrogen-bond donors (Lipinski definition) is 1. The summed E-state index contributed by atoms with van der Waals surface area (Å²) in [6.45, 7) is 1.66. The number of hydrogen-bond acceptors (Lipinski definition) is 5. The molecule has 3 aromatic rings. The van der Waals surface area contributed by atoms with Crippen LogP contribution in [0.2, 0.25) is 0 Å². The van der Waals surface area contributed by atoms with Gasteiger partial charge in [0.1, 0.15) is 11.5 Å². The molecule has 6 nitrogen and oxygen atoms in total. The van der Waals surface area contributed by atoms with Gasteiger partial charge in [0.15, 0.2) is 0 Å². The molecule has 5 rings (SSSR count). The van der Waals surface area contributed by atoms with Gasteiger partial charge >= 0.3 is 0 Å². The van der Waals surface area contributed by atoms with E-state index in [4.69, 9.17) is 4.74 Å². The van der Waals surface area contributed by atoms with Gasteiger partial charge in [-0.15, -0.1) is 11.3 Å². The van der Waals surface area contributed by atoms with Gasteiger partial charge in [0.05, 0.1) is 21.5 Å². The first-order valence-corrected chi connectivity index (χ1v) is 12.2. The van der Waals surface area contributed by atoms with Crippen molar-refractivity contribution in [3.05, 3.63) is 53.0 Å². The van der Waals surface area contributed by atoms with Crippen LogP contribution in [0.25, 0.3) is 10.2 Å². The van der Waals surface area contributed by atoms with Crippen LogP contribution in [0.4, 0.5) is 0 Å². The Morgan fingerprint density at radius 3 is 2.56 bits per heavy atom. The number of ether oxygens (including phenoxy) is 1. The number of pyridine rings is 1. The van der Waals surface area contributed by atoms with Crippen LogP contribution in [0.1, 0.15) is 53.8 Å². The van der Waals surface area contributed by atoms with E-state index in [-0.39, 0.29) is 11.8 Å². The Labute approximate surface area is 191 Å². The van der Waals surface area contributed by atoms with E-state index < -0.39 is 0 Å². The summed E-state index contributed by atoms with van der Waals surface area (Å²) in [5.74, 6) is 1.53. The zero-order valence-electron chi connectivity index (χ0n) is 18.0. The van der Waals surface area contributed by atoms with E-state index >= 15 is 0 Å². The molecule has 1 saturated carbocycles. The van der Waals surface area contributed by atoms with Gasteiger partial charge in [0.2, 0.25) is 5.91 Å². The molecule has 1 aliphatic heterocycles. The van der Waals surface area contributed by atoms with Gasteiger partial charge in [0.25, 0.3) is 5.91 Å². The lowest BCUT2D eigenvalue weighted by Gasteiger charge is -2.30. The molecule has 2 aliphatic rings. The first kappa shape index (κ1) is 20.9. The third-order valence-electron chi connectivity index (χ3n) is 6.22. The second-order valence-corrected chi connectivity index (χ2v) is 9.66. The molecular formula is C25H27N3O3S. The molecule has 0 spiro atoms. The highest BCUT2D eigenvalue weighted by molar-refractivity contribution is 7.21. The Kier molecular flexibility index (Phi) is 6.08. The lowest BCUT2D eigenvalue weighted by molar-refractivity contribution is -0.121. The van der Waals surface area contributed by atoms with Crippen LogP contribution in [0.3, 0.4) is 0 Å². The van der Waals surface area contributed by atoms with Crippen molar-refractivity contribution in [2.75, 3.05) is 13.1 Å². The number of amides is 2. The molecule has 2 fully saturated rings. The highest BCUT2D eigenvalue weighted by Gasteiger charge is 2.24. The normalized spacial score (nSPS) is 16.6. The fourth-order valence-electron chi connectivity index (χ4n) is 4.29. The van der Waals surface area contributed by atoms with Crippen LogP contribution in [-0.4, -0.2) is 40.8 Å². The highest BCUT2D eigenvalue weighted by atomic mass is 32.1. The predicted molar refractivity (Wildman–Crippen MR) is 125 cm³/mol. The molecule has 3 heterocycles. The van der Waals surface area contributed by atoms with Crippen molar-refractivity contribution in [3.8, 4) is 11.5 Å². The monoisotopic (exact) mass is 449 g/mol. The lowest BCUT2D eigenvalue weighted by Crippen LogP contribution is -2.41. The van der Waals surface area contributed by atoms with E-state index in [1.54, 1.807) is 6.20 Å². The van der Waals surface area contributed by atoms with Crippen LogP contribution in [0, 0.1) is 0 Å². The Bertz CT molecular complexity index is 1120. The second-order valence-electron chi connectivity index (χ2n) is 8.61. The summed E-state index contributed by atoms with van der Waals surface area (Å²) in [4.78, 5) is 31.9. The lowest BCUT2D eigenvalue weighted by atomic mass is 9.95. The minimum Gasteiger partial charge on any atom is -0.456 e. The first-order valence-electron chi connectivity index (χ1n) is 11.4. The number of thiophene rings is 1. The summed E-state index contributed by atoms with van der Waals surface area (Å²) in [5.41, 5.74) is 1.73. The number of rotatable bonds is 6. The largest absolute Gasteiger partial charge is 0.456 e. The number of aromatic nitrogens is 1. The Hall–Kier alpha value is -2.93. The molecular weight excluding hydrogens is 422 g/mol. The molecule has 2 aromatic heterocycles. The van der Waals surface area contributed by atoms with Gasteiger partial charge < -0.3 is 15.0 Å². The molecule has 0 radical (unpaired) electrons. The molecule has 166 valence electrons. The van der Waals surface area contributed by atoms with Crippen molar-refractivity contribution in [1.82, 2.24) is 15.2 Å². The van der Waals surface area contributed by atoms with E-state index in [9.17, 15) is 9.59 Å². The molecule has 1 aromatic carbocycles. The zero-order chi connectivity index (χ0) is 21.9. The number of nitrogens with zero attached hydrogens (tertiary/aromatic N) is 2. The van der Waals surface area contributed by atoms with Crippen molar-refractivity contribution in [1.29, 1.82) is 0 Å². The number of benzene rings is 1. The Morgan fingerprint density at radius 1 is 1.06 bits per heavy atom. The zero-order valence-corrected chi connectivity index (χ0v) is 18.8. The fraction of sp³-hybridized carbons (Fsp3) is 0.400. The van der Waals surface area contributed by atoms with Gasteiger partial charge in [-0.25, -0.2) is 0 Å². The molecule has 1 saturated heterocycles. The maximum absolute atomic E-state index is 12.6. The Morgan fingerprint density at radius 2 is 1.84 bits per heavy atom. The average molecular weight is 450 g/mol. The van der Waals surface area contributed by atoms with Crippen molar-refractivity contribution < 1.29 is 14.3 Å². The minimum atomic E-state index is 0.0704. The molecule has 7 heteroatoms. The summed E-state index contributed by atoms with van der Waals surface area (Å²) in [6, 6.07) is 11.6. The van der Waals surface area contributed by atoms with Gasteiger partial charge in [0, 0.05) is 31.4 Å². The fourth-order valence-corrected chi connectivity index (χ4v) is 5.32. The number of likely N-dealkylation sites (tertiary alicyclic amines) is 1. The van der Waals surface area contributed by atoms with Crippen molar-refractivity contribution >= 4 is 33.4 Å². The number of nitrogens with one attached hydrogen (secondary N) is 1. The first-order chi connectivity index (χ1) is 15.7. The summed E-state index contributed by atoms with van der Waals surface area (Å²) in [6.07, 6.45) is 9.02. The molecule has 1 aliphatic carbocycles. The van der Waals surface area contributed by atoms with Crippen LogP contribution >= 0.6 is 11.3 Å². The number of fused-ring (bicyclic) bond motifs is 1. The topological polar surface area (TPSA) is 71.5 Å². The van der Waals surface area contributed by atoms with Gasteiger partial charge in [-0.2, -0.15) is 0 Å². The quantitative estimate of drug-likeness (QED) is 0.579. The number of carbonyl (C=O) groups excluding carboxylic acids is 2. The van der Waals surface area contributed by atoms with E-state index in [0.717, 1.165) is 48.1 Å². The van der Waals surface area contributed by atoms with Crippen LogP contribution in [0.5, 0.6) is 11.5 Å². The van der Waals surface area contributed by atoms with Crippen molar-refractivity contribution in [2.24, 2.45) is 0 Å². The van der Waals surface area contributed by atoms with E-state index in [0.29, 0.717) is 28.8 Å². The minimum absolute atomic E-state index is 0.0704. The van der Waals surface area contributed by atoms with E-state index in [1.807, 2.05) is 41.3 Å². The molecule has 0 unspecified atom stereocenters. The summed E-state index contributed by atoms with van der Waals surface area (Å²) < 4.78 is 6.98. The summed E-state index contributed by atoms with van der Waals surface area (Å²) >= 11 is 1.43. The standard InChI is InChI=1S/C25H27N3O3S/c29-23(27-18-5-2-1-3-6-18)15-17-7-9-19(10-8-17)31-21-11-12-26-20-16-22(32-24(20)21)25(30)28-13-4-14-28/h7-12,16,18H,1-6,13-15H2,(H,27,29). The highest BCUT2D eigenvalue weighted by Crippen LogP contribution is 2.35.